The minimum Gasteiger partial charge on any atom is -0.872 e. The highest BCUT2D eigenvalue weighted by Gasteiger charge is 2.14. The van der Waals surface area contributed by atoms with E-state index in [0.717, 1.165) is 30.6 Å². The van der Waals surface area contributed by atoms with E-state index in [9.17, 15) is 9.90 Å². The van der Waals surface area contributed by atoms with E-state index >= 15 is 0 Å². The van der Waals surface area contributed by atoms with E-state index in [4.69, 9.17) is 11.6 Å². The van der Waals surface area contributed by atoms with Crippen molar-refractivity contribution in [2.24, 2.45) is 5.10 Å². The van der Waals surface area contributed by atoms with Gasteiger partial charge in [-0.1, -0.05) is 77.8 Å². The molecule has 0 radical (unpaired) electrons. The number of nitrogens with zero attached hydrogens (tertiary/aromatic N) is 2. The Labute approximate surface area is 192 Å². The molecule has 1 aromatic heterocycles. The van der Waals surface area contributed by atoms with E-state index in [1.54, 1.807) is 23.9 Å². The summed E-state index contributed by atoms with van der Waals surface area (Å²) in [5.74, 6) is 0.673. The van der Waals surface area contributed by atoms with Crippen molar-refractivity contribution in [2.45, 2.75) is 27.8 Å². The zero-order valence-corrected chi connectivity index (χ0v) is 19.3. The average Bonchev–Trinajstić information content (AvgIpc) is 3.21. The molecule has 0 aliphatic rings. The van der Waals surface area contributed by atoms with Gasteiger partial charge in [-0.2, -0.15) is 5.10 Å². The number of H-pyrrole nitrogens is 1. The third-order valence-corrected chi connectivity index (χ3v) is 7.57. The Hall–Kier alpha value is -2.07. The number of carbonyl (C=O) groups excluding carboxylic acids is 1. The molecule has 3 aromatic rings. The van der Waals surface area contributed by atoms with Crippen molar-refractivity contribution in [1.29, 1.82) is 0 Å². The second-order valence-electron chi connectivity index (χ2n) is 6.02. The molecule has 0 saturated carbocycles. The molecule has 0 atom stereocenters. The van der Waals surface area contributed by atoms with Gasteiger partial charge in [0.05, 0.1) is 11.5 Å². The van der Waals surface area contributed by atoms with Crippen molar-refractivity contribution < 1.29 is 15.0 Å². The van der Waals surface area contributed by atoms with Crippen molar-refractivity contribution in [2.75, 3.05) is 5.75 Å². The highest BCUT2D eigenvalue weighted by Crippen LogP contribution is 2.30. The summed E-state index contributed by atoms with van der Waals surface area (Å²) in [7, 11) is 0. The quantitative estimate of drug-likeness (QED) is 0.285. The van der Waals surface area contributed by atoms with Crippen LogP contribution in [0.4, 0.5) is 0 Å². The minimum atomic E-state index is -0.216. The Morgan fingerprint density at radius 1 is 1.23 bits per heavy atom. The van der Waals surface area contributed by atoms with Crippen LogP contribution in [0.2, 0.25) is 5.02 Å². The van der Waals surface area contributed by atoms with Crippen LogP contribution in [-0.4, -0.2) is 22.5 Å². The number of carbonyl (C=O) groups is 1. The van der Waals surface area contributed by atoms with Gasteiger partial charge in [0.1, 0.15) is 0 Å². The normalized spacial score (nSPS) is 11.5. The van der Waals surface area contributed by atoms with E-state index in [1.807, 2.05) is 31.2 Å². The Morgan fingerprint density at radius 3 is 2.73 bits per heavy atom. The van der Waals surface area contributed by atoms with Crippen LogP contribution in [-0.2, 0) is 10.5 Å². The number of nitrogens with one attached hydrogen (secondary N) is 2. The molecular weight excluding hydrogens is 460 g/mol. The summed E-state index contributed by atoms with van der Waals surface area (Å²) in [4.78, 5) is 12.1. The number of rotatable bonds is 9. The van der Waals surface area contributed by atoms with Crippen molar-refractivity contribution in [3.05, 3.63) is 64.7 Å². The van der Waals surface area contributed by atoms with E-state index in [2.05, 4.69) is 20.7 Å². The molecule has 0 unspecified atom stereocenters. The summed E-state index contributed by atoms with van der Waals surface area (Å²) in [6, 6.07) is 14.1. The molecule has 30 heavy (non-hydrogen) atoms. The van der Waals surface area contributed by atoms with Gasteiger partial charge >= 0.3 is 4.34 Å². The first-order valence-corrected chi connectivity index (χ1v) is 12.2. The molecule has 0 aliphatic heterocycles. The molecule has 0 bridgehead atoms. The maximum absolute atomic E-state index is 12.1. The molecule has 2 N–H and O–H groups in total. The average molecular weight is 479 g/mol. The SMILES string of the molecule is CCC(=NNC(=O)CSc1n[nH+]c(SCc2ccccc2Cl)s1)c1ccc([O-])cc1. The second kappa shape index (κ2) is 11.4. The fourth-order valence-corrected chi connectivity index (χ4v) is 5.55. The third-order valence-electron chi connectivity index (χ3n) is 3.90. The summed E-state index contributed by atoms with van der Waals surface area (Å²) in [5.41, 5.74) is 5.17. The largest absolute Gasteiger partial charge is 0.872 e. The van der Waals surface area contributed by atoms with E-state index in [1.165, 1.54) is 35.2 Å². The van der Waals surface area contributed by atoms with Crippen molar-refractivity contribution >= 4 is 58.1 Å². The Morgan fingerprint density at radius 2 is 2.00 bits per heavy atom. The molecule has 0 fully saturated rings. The summed E-state index contributed by atoms with van der Waals surface area (Å²) in [6.45, 7) is 1.94. The van der Waals surface area contributed by atoms with Gasteiger partial charge in [0, 0.05) is 15.9 Å². The van der Waals surface area contributed by atoms with Crippen molar-refractivity contribution in [3.8, 4) is 5.75 Å². The van der Waals surface area contributed by atoms with Crippen LogP contribution in [0.5, 0.6) is 5.75 Å². The highest BCUT2D eigenvalue weighted by atomic mass is 35.5. The topological polar surface area (TPSA) is 91.6 Å². The molecule has 156 valence electrons. The van der Waals surface area contributed by atoms with Gasteiger partial charge in [-0.3, -0.25) is 4.79 Å². The van der Waals surface area contributed by atoms with Gasteiger partial charge in [-0.25, -0.2) is 5.43 Å². The van der Waals surface area contributed by atoms with Crippen LogP contribution in [0.25, 0.3) is 0 Å². The molecule has 0 aliphatic carbocycles. The number of thioether (sulfide) groups is 2. The number of hydrogen-bond donors (Lipinski definition) is 1. The first kappa shape index (κ1) is 22.6. The summed E-state index contributed by atoms with van der Waals surface area (Å²) in [6.07, 6.45) is 0.638. The van der Waals surface area contributed by atoms with Crippen LogP contribution in [0.15, 0.2) is 62.3 Å². The van der Waals surface area contributed by atoms with Crippen LogP contribution in [0.1, 0.15) is 24.5 Å². The van der Waals surface area contributed by atoms with Crippen molar-refractivity contribution in [1.82, 2.24) is 10.5 Å². The van der Waals surface area contributed by atoms with Gasteiger partial charge in [-0.15, -0.1) is 5.75 Å². The van der Waals surface area contributed by atoms with Crippen molar-refractivity contribution in [3.63, 3.8) is 0 Å². The van der Waals surface area contributed by atoms with E-state index in [0.29, 0.717) is 12.1 Å². The number of hydrogen-bond acceptors (Lipinski definition) is 7. The van der Waals surface area contributed by atoms with Gasteiger partial charge in [0.15, 0.2) is 0 Å². The number of hydrazone groups is 1. The lowest BCUT2D eigenvalue weighted by Crippen LogP contribution is -2.21. The molecule has 1 amide bonds. The standard InChI is InChI=1S/C20H19ClN4O2S3/c1-2-17(13-7-9-15(26)10-8-13)22-23-18(27)12-29-20-25-24-19(30-20)28-11-14-5-3-4-6-16(14)21/h3-10,26H,2,11-12H2,1H3,(H,23,27). The molecule has 2 aromatic carbocycles. The predicted molar refractivity (Wildman–Crippen MR) is 121 cm³/mol. The first-order valence-electron chi connectivity index (χ1n) is 9.05. The fraction of sp³-hybridized carbons (Fsp3) is 0.200. The summed E-state index contributed by atoms with van der Waals surface area (Å²) >= 11 is 10.6. The van der Waals surface area contributed by atoms with Gasteiger partial charge in [-0.05, 0) is 46.7 Å². The molecule has 3 rings (SSSR count). The predicted octanol–water partition coefficient (Wildman–Crippen LogP) is 4.00. The Bertz CT molecular complexity index is 1020. The minimum absolute atomic E-state index is 0.0562. The summed E-state index contributed by atoms with van der Waals surface area (Å²) in [5, 5.41) is 23.4. The second-order valence-corrected chi connectivity index (χ2v) is 9.89. The van der Waals surface area contributed by atoms with E-state index in [-0.39, 0.29) is 17.4 Å². The Kier molecular flexibility index (Phi) is 8.56. The number of amides is 1. The number of aromatic amines is 1. The third kappa shape index (κ3) is 6.73. The molecule has 6 nitrogen and oxygen atoms in total. The lowest BCUT2D eigenvalue weighted by atomic mass is 10.1. The van der Waals surface area contributed by atoms with Crippen LogP contribution in [0, 0.1) is 0 Å². The smallest absolute Gasteiger partial charge is 0.323 e. The zero-order valence-electron chi connectivity index (χ0n) is 16.1. The number of aromatic nitrogens is 2. The maximum atomic E-state index is 12.1. The first-order chi connectivity index (χ1) is 14.5. The molecular formula is C20H19ClN4O2S3. The Balaban J connectivity index is 1.47. The van der Waals surface area contributed by atoms with Crippen LogP contribution >= 0.6 is 46.5 Å². The highest BCUT2D eigenvalue weighted by molar-refractivity contribution is 8.03. The zero-order chi connectivity index (χ0) is 21.3. The lowest BCUT2D eigenvalue weighted by molar-refractivity contribution is -0.492. The van der Waals surface area contributed by atoms with Crippen LogP contribution < -0.4 is 15.6 Å². The monoisotopic (exact) mass is 478 g/mol. The number of benzene rings is 2. The lowest BCUT2D eigenvalue weighted by Gasteiger charge is -2.08. The van der Waals surface area contributed by atoms with E-state index < -0.39 is 0 Å². The number of halogens is 1. The molecule has 0 saturated heterocycles. The van der Waals surface area contributed by atoms with Gasteiger partial charge < -0.3 is 5.11 Å². The fourth-order valence-electron chi connectivity index (χ4n) is 2.38. The summed E-state index contributed by atoms with van der Waals surface area (Å²) < 4.78 is 1.73. The van der Waals surface area contributed by atoms with Gasteiger partial charge in [0.25, 0.3) is 5.91 Å². The molecule has 10 heteroatoms. The molecule has 1 heterocycles. The molecule has 0 spiro atoms. The van der Waals surface area contributed by atoms with Gasteiger partial charge in [0.2, 0.25) is 4.34 Å². The van der Waals surface area contributed by atoms with Crippen LogP contribution in [0.3, 0.4) is 0 Å². The maximum Gasteiger partial charge on any atom is 0.323 e.